The molecule has 2 unspecified atom stereocenters. The molecule has 7 heteroatoms. The van der Waals surface area contributed by atoms with E-state index < -0.39 is 18.2 Å². The van der Waals surface area contributed by atoms with Crippen LogP contribution in [0, 0.1) is 0 Å². The van der Waals surface area contributed by atoms with Crippen LogP contribution in [0.2, 0.25) is 0 Å². The summed E-state index contributed by atoms with van der Waals surface area (Å²) in [7, 11) is 0. The Morgan fingerprint density at radius 3 is 2.30 bits per heavy atom. The van der Waals surface area contributed by atoms with E-state index in [0.29, 0.717) is 19.3 Å². The van der Waals surface area contributed by atoms with Crippen molar-refractivity contribution < 1.29 is 14.6 Å². The van der Waals surface area contributed by atoms with Gasteiger partial charge in [-0.25, -0.2) is 4.79 Å². The molecule has 0 aliphatic carbocycles. The van der Waals surface area contributed by atoms with Crippen LogP contribution in [0.5, 0.6) is 0 Å². The first kappa shape index (κ1) is 22.0. The lowest BCUT2D eigenvalue weighted by molar-refractivity contribution is 0.110. The predicted molar refractivity (Wildman–Crippen MR) is 118 cm³/mol. The lowest BCUT2D eigenvalue weighted by Gasteiger charge is -2.25. The van der Waals surface area contributed by atoms with Gasteiger partial charge in [0.15, 0.2) is 0 Å². The van der Waals surface area contributed by atoms with Gasteiger partial charge < -0.3 is 20.9 Å². The summed E-state index contributed by atoms with van der Waals surface area (Å²) in [5.74, 6) is 0. The molecule has 0 fully saturated rings. The first-order chi connectivity index (χ1) is 14.6. The summed E-state index contributed by atoms with van der Waals surface area (Å²) in [5.41, 5.74) is 10.1. The molecule has 30 heavy (non-hydrogen) atoms. The van der Waals surface area contributed by atoms with Gasteiger partial charge in [-0.3, -0.25) is 4.98 Å². The van der Waals surface area contributed by atoms with E-state index in [9.17, 15) is 9.90 Å². The number of nitrogens with one attached hydrogen (secondary N) is 1. The first-order valence-electron chi connectivity index (χ1n) is 9.92. The third-order valence-corrected chi connectivity index (χ3v) is 5.56. The molecule has 6 nitrogen and oxygen atoms in total. The van der Waals surface area contributed by atoms with E-state index in [1.165, 1.54) is 11.3 Å². The highest BCUT2D eigenvalue weighted by Crippen LogP contribution is 2.13. The summed E-state index contributed by atoms with van der Waals surface area (Å²) in [5, 5.41) is 13.6. The topological polar surface area (TPSA) is 97.5 Å². The number of carbonyl (C=O) groups excluding carboxylic acids is 1. The highest BCUT2D eigenvalue weighted by atomic mass is 32.1. The van der Waals surface area contributed by atoms with Crippen LogP contribution in [0.3, 0.4) is 0 Å². The van der Waals surface area contributed by atoms with Gasteiger partial charge in [0.2, 0.25) is 0 Å². The Morgan fingerprint density at radius 2 is 1.70 bits per heavy atom. The second kappa shape index (κ2) is 11.4. The van der Waals surface area contributed by atoms with Crippen molar-refractivity contribution in [2.75, 3.05) is 0 Å². The van der Waals surface area contributed by atoms with Crippen molar-refractivity contribution in [3.8, 4) is 0 Å². The Labute approximate surface area is 180 Å². The highest BCUT2D eigenvalue weighted by Gasteiger charge is 2.23. The maximum atomic E-state index is 12.3. The van der Waals surface area contributed by atoms with E-state index in [-0.39, 0.29) is 12.6 Å². The molecule has 2 aromatic carbocycles. The van der Waals surface area contributed by atoms with Gasteiger partial charge in [0.1, 0.15) is 6.61 Å². The number of hydrogen-bond acceptors (Lipinski definition) is 6. The fraction of sp³-hybridized carbons (Fsp3) is 0.304. The van der Waals surface area contributed by atoms with Crippen LogP contribution >= 0.6 is 11.3 Å². The van der Waals surface area contributed by atoms with Crippen LogP contribution in [0.15, 0.2) is 72.4 Å². The minimum atomic E-state index is -0.763. The number of aliphatic hydroxyl groups excluding tert-OH is 1. The SMILES string of the molecule is NC(Cc1ccccc1)C(O)C[C@H](Cc1ccccc1)NC(=O)OCc1cncs1. The van der Waals surface area contributed by atoms with E-state index in [0.717, 1.165) is 16.0 Å². The monoisotopic (exact) mass is 425 g/mol. The van der Waals surface area contributed by atoms with E-state index in [1.807, 2.05) is 60.7 Å². The summed E-state index contributed by atoms with van der Waals surface area (Å²) in [6.45, 7) is 0.171. The van der Waals surface area contributed by atoms with E-state index in [2.05, 4.69) is 10.3 Å². The number of nitrogens with zero attached hydrogens (tertiary/aromatic N) is 1. The fourth-order valence-corrected chi connectivity index (χ4v) is 3.74. The number of aromatic nitrogens is 1. The normalized spacial score (nSPS) is 13.9. The molecule has 0 bridgehead atoms. The van der Waals surface area contributed by atoms with E-state index in [4.69, 9.17) is 10.5 Å². The molecule has 3 atom stereocenters. The average Bonchev–Trinajstić information content (AvgIpc) is 3.27. The number of amides is 1. The number of benzene rings is 2. The van der Waals surface area contributed by atoms with Gasteiger partial charge in [0.05, 0.1) is 16.5 Å². The second-order valence-corrected chi connectivity index (χ2v) is 8.20. The summed E-state index contributed by atoms with van der Waals surface area (Å²) in [6.07, 6.45) is 1.86. The summed E-state index contributed by atoms with van der Waals surface area (Å²) in [6, 6.07) is 18.9. The Kier molecular flexibility index (Phi) is 8.38. The van der Waals surface area contributed by atoms with Crippen LogP contribution in [-0.4, -0.2) is 34.4 Å². The zero-order valence-corrected chi connectivity index (χ0v) is 17.5. The Hall–Kier alpha value is -2.74. The maximum Gasteiger partial charge on any atom is 0.407 e. The molecule has 0 aliphatic heterocycles. The standard InChI is InChI=1S/C23H27N3O3S/c24-21(12-18-9-5-2-6-10-18)22(27)13-19(11-17-7-3-1-4-8-17)26-23(28)29-15-20-14-25-16-30-20/h1-10,14,16,19,21-22,27H,11-13,15,24H2,(H,26,28)/t19-,21?,22?/m0/s1. The van der Waals surface area contributed by atoms with Crippen molar-refractivity contribution >= 4 is 17.4 Å². The second-order valence-electron chi connectivity index (χ2n) is 7.23. The minimum Gasteiger partial charge on any atom is -0.444 e. The van der Waals surface area contributed by atoms with Gasteiger partial charge in [-0.05, 0) is 30.4 Å². The quantitative estimate of drug-likeness (QED) is 0.463. The third-order valence-electron chi connectivity index (χ3n) is 4.81. The van der Waals surface area contributed by atoms with Crippen molar-refractivity contribution in [2.45, 2.75) is 44.1 Å². The molecule has 3 aromatic rings. The van der Waals surface area contributed by atoms with Crippen molar-refractivity contribution in [1.29, 1.82) is 0 Å². The molecule has 1 heterocycles. The number of carbonyl (C=O) groups is 1. The molecule has 0 radical (unpaired) electrons. The fourth-order valence-electron chi connectivity index (χ4n) is 3.24. The van der Waals surface area contributed by atoms with Crippen molar-refractivity contribution in [3.63, 3.8) is 0 Å². The summed E-state index contributed by atoms with van der Waals surface area (Å²) >= 11 is 1.43. The van der Waals surface area contributed by atoms with Gasteiger partial charge in [-0.2, -0.15) is 0 Å². The van der Waals surface area contributed by atoms with Crippen LogP contribution in [0.1, 0.15) is 22.4 Å². The molecular weight excluding hydrogens is 398 g/mol. The zero-order valence-electron chi connectivity index (χ0n) is 16.7. The van der Waals surface area contributed by atoms with Gasteiger partial charge >= 0.3 is 6.09 Å². The average molecular weight is 426 g/mol. The molecule has 0 saturated heterocycles. The van der Waals surface area contributed by atoms with Crippen molar-refractivity contribution in [3.05, 3.63) is 88.4 Å². The lowest BCUT2D eigenvalue weighted by Crippen LogP contribution is -2.44. The molecule has 158 valence electrons. The number of ether oxygens (including phenoxy) is 1. The molecule has 1 aromatic heterocycles. The molecule has 1 amide bonds. The number of nitrogens with two attached hydrogens (primary N) is 1. The first-order valence-corrected chi connectivity index (χ1v) is 10.8. The van der Waals surface area contributed by atoms with Gasteiger partial charge in [-0.15, -0.1) is 11.3 Å². The lowest BCUT2D eigenvalue weighted by atomic mass is 9.94. The Bertz CT molecular complexity index is 875. The van der Waals surface area contributed by atoms with Gasteiger partial charge in [0.25, 0.3) is 0 Å². The van der Waals surface area contributed by atoms with Gasteiger partial charge in [-0.1, -0.05) is 60.7 Å². The van der Waals surface area contributed by atoms with Crippen molar-refractivity contribution in [2.24, 2.45) is 5.73 Å². The van der Waals surface area contributed by atoms with E-state index >= 15 is 0 Å². The Balaban J connectivity index is 1.58. The smallest absolute Gasteiger partial charge is 0.407 e. The van der Waals surface area contributed by atoms with Crippen LogP contribution in [0.25, 0.3) is 0 Å². The summed E-state index contributed by atoms with van der Waals surface area (Å²) < 4.78 is 5.30. The largest absolute Gasteiger partial charge is 0.444 e. The molecule has 3 rings (SSSR count). The minimum absolute atomic E-state index is 0.171. The summed E-state index contributed by atoms with van der Waals surface area (Å²) in [4.78, 5) is 17.2. The molecule has 0 aliphatic rings. The van der Waals surface area contributed by atoms with Crippen LogP contribution in [-0.2, 0) is 24.2 Å². The Morgan fingerprint density at radius 1 is 1.07 bits per heavy atom. The molecule has 0 saturated carbocycles. The zero-order chi connectivity index (χ0) is 21.2. The van der Waals surface area contributed by atoms with Crippen LogP contribution < -0.4 is 11.1 Å². The maximum absolute atomic E-state index is 12.3. The number of hydrogen-bond donors (Lipinski definition) is 3. The third kappa shape index (κ3) is 7.26. The predicted octanol–water partition coefficient (Wildman–Crippen LogP) is 3.30. The molecule has 0 spiro atoms. The van der Waals surface area contributed by atoms with E-state index in [1.54, 1.807) is 11.7 Å². The van der Waals surface area contributed by atoms with Crippen LogP contribution in [0.4, 0.5) is 4.79 Å². The number of thiazole rings is 1. The number of alkyl carbamates (subject to hydrolysis) is 1. The number of aliphatic hydroxyl groups is 1. The number of rotatable bonds is 10. The van der Waals surface area contributed by atoms with Crippen molar-refractivity contribution in [1.82, 2.24) is 10.3 Å². The molecular formula is C23H27N3O3S. The highest BCUT2D eigenvalue weighted by molar-refractivity contribution is 7.09. The van der Waals surface area contributed by atoms with Gasteiger partial charge in [0, 0.05) is 18.3 Å². The molecule has 4 N–H and O–H groups in total.